The van der Waals surface area contributed by atoms with Gasteiger partial charge in [0.15, 0.2) is 0 Å². The number of anilines is 1. The van der Waals surface area contributed by atoms with Gasteiger partial charge >= 0.3 is 5.97 Å². The molecular formula is C13H18N4O2. The predicted octanol–water partition coefficient (Wildman–Crippen LogP) is 1.11. The third-order valence-electron chi connectivity index (χ3n) is 3.12. The molecule has 6 heteroatoms. The fourth-order valence-electron chi connectivity index (χ4n) is 1.95. The number of nitrogens with one attached hydrogen (secondary N) is 1. The van der Waals surface area contributed by atoms with Crippen LogP contribution in [0.3, 0.4) is 0 Å². The highest BCUT2D eigenvalue weighted by Crippen LogP contribution is 2.20. The lowest BCUT2D eigenvalue weighted by Gasteiger charge is -2.20. The quantitative estimate of drug-likeness (QED) is 0.750. The second-order valence-electron chi connectivity index (χ2n) is 4.68. The van der Waals surface area contributed by atoms with Crippen LogP contribution in [0.5, 0.6) is 0 Å². The first-order valence-corrected chi connectivity index (χ1v) is 6.13. The molecule has 0 aliphatic carbocycles. The Balaban J connectivity index is 2.08. The third-order valence-corrected chi connectivity index (χ3v) is 3.12. The molecule has 1 heterocycles. The minimum absolute atomic E-state index is 0.409. The van der Waals surface area contributed by atoms with Crippen molar-refractivity contribution in [3.05, 3.63) is 24.0 Å². The van der Waals surface area contributed by atoms with E-state index in [1.165, 1.54) is 0 Å². The smallest absolute Gasteiger partial charge is 0.320 e. The molecule has 1 unspecified atom stereocenters. The summed E-state index contributed by atoms with van der Waals surface area (Å²) in [4.78, 5) is 20.2. The van der Waals surface area contributed by atoms with E-state index < -0.39 is 12.0 Å². The van der Waals surface area contributed by atoms with Crippen molar-refractivity contribution in [3.8, 4) is 0 Å². The van der Waals surface area contributed by atoms with Crippen molar-refractivity contribution in [1.82, 2.24) is 9.97 Å². The number of fused-ring (bicyclic) bond motifs is 1. The highest BCUT2D eigenvalue weighted by atomic mass is 16.4. The molecule has 0 fully saturated rings. The van der Waals surface area contributed by atoms with Crippen LogP contribution in [0.15, 0.2) is 18.2 Å². The lowest BCUT2D eigenvalue weighted by molar-refractivity contribution is -0.138. The Morgan fingerprint density at radius 1 is 1.58 bits per heavy atom. The summed E-state index contributed by atoms with van der Waals surface area (Å²) in [6.07, 6.45) is 0.409. The van der Waals surface area contributed by atoms with E-state index in [1.807, 2.05) is 37.1 Å². The summed E-state index contributed by atoms with van der Waals surface area (Å²) in [5, 5.41) is 8.75. The van der Waals surface area contributed by atoms with E-state index in [0.29, 0.717) is 13.0 Å². The number of aromatic nitrogens is 2. The zero-order valence-electron chi connectivity index (χ0n) is 11.1. The molecule has 0 amide bonds. The van der Waals surface area contributed by atoms with E-state index in [4.69, 9.17) is 10.8 Å². The number of hydrogen-bond donors (Lipinski definition) is 3. The number of carboxylic acid groups (broad SMARTS) is 1. The van der Waals surface area contributed by atoms with Gasteiger partial charge in [-0.1, -0.05) is 0 Å². The molecule has 0 spiro atoms. The number of rotatable bonds is 5. The Bertz CT molecular complexity index is 593. The molecule has 0 radical (unpaired) electrons. The van der Waals surface area contributed by atoms with Gasteiger partial charge in [-0.25, -0.2) is 4.98 Å². The van der Waals surface area contributed by atoms with Crippen molar-refractivity contribution < 1.29 is 9.90 Å². The molecule has 0 aliphatic rings. The average Bonchev–Trinajstić information content (AvgIpc) is 2.74. The van der Waals surface area contributed by atoms with Gasteiger partial charge < -0.3 is 20.7 Å². The van der Waals surface area contributed by atoms with E-state index >= 15 is 0 Å². The first kappa shape index (κ1) is 13.4. The van der Waals surface area contributed by atoms with Crippen molar-refractivity contribution in [2.24, 2.45) is 5.73 Å². The van der Waals surface area contributed by atoms with Crippen molar-refractivity contribution >= 4 is 22.7 Å². The molecule has 0 saturated heterocycles. The fraction of sp³-hybridized carbons (Fsp3) is 0.385. The monoisotopic (exact) mass is 262 g/mol. The standard InChI is InChI=1S/C13H18N4O2/c1-8-15-11-4-3-9(7-12(11)16-8)17(2)6-5-10(14)13(18)19/h3-4,7,10H,5-6,14H2,1-2H3,(H,15,16)(H,18,19). The van der Waals surface area contributed by atoms with Gasteiger partial charge in [0.05, 0.1) is 11.0 Å². The van der Waals surface area contributed by atoms with Crippen molar-refractivity contribution in [2.75, 3.05) is 18.5 Å². The van der Waals surface area contributed by atoms with E-state index in [0.717, 1.165) is 22.5 Å². The first-order valence-electron chi connectivity index (χ1n) is 6.13. The van der Waals surface area contributed by atoms with Crippen LogP contribution in [0.4, 0.5) is 5.69 Å². The summed E-state index contributed by atoms with van der Waals surface area (Å²) in [6.45, 7) is 2.50. The van der Waals surface area contributed by atoms with Crippen molar-refractivity contribution in [3.63, 3.8) is 0 Å². The maximum Gasteiger partial charge on any atom is 0.320 e. The highest BCUT2D eigenvalue weighted by molar-refractivity contribution is 5.79. The van der Waals surface area contributed by atoms with Crippen LogP contribution >= 0.6 is 0 Å². The molecule has 0 bridgehead atoms. The molecule has 1 aromatic heterocycles. The lowest BCUT2D eigenvalue weighted by atomic mass is 10.2. The molecule has 0 saturated carbocycles. The molecular weight excluding hydrogens is 244 g/mol. The molecule has 102 valence electrons. The van der Waals surface area contributed by atoms with Crippen LogP contribution in [-0.4, -0.2) is 40.7 Å². The van der Waals surface area contributed by atoms with Gasteiger partial charge in [0.1, 0.15) is 11.9 Å². The second-order valence-corrected chi connectivity index (χ2v) is 4.68. The number of H-pyrrole nitrogens is 1. The van der Waals surface area contributed by atoms with E-state index in [2.05, 4.69) is 9.97 Å². The van der Waals surface area contributed by atoms with E-state index in [-0.39, 0.29) is 0 Å². The van der Waals surface area contributed by atoms with Gasteiger partial charge in [0, 0.05) is 19.3 Å². The molecule has 6 nitrogen and oxygen atoms in total. The number of nitrogens with two attached hydrogens (primary N) is 1. The summed E-state index contributed by atoms with van der Waals surface area (Å²) in [5.41, 5.74) is 8.41. The van der Waals surface area contributed by atoms with Gasteiger partial charge in [-0.2, -0.15) is 0 Å². The van der Waals surface area contributed by atoms with Gasteiger partial charge in [-0.05, 0) is 31.5 Å². The summed E-state index contributed by atoms with van der Waals surface area (Å²) in [7, 11) is 1.92. The number of carbonyl (C=O) groups is 1. The topological polar surface area (TPSA) is 95.2 Å². The van der Waals surface area contributed by atoms with Crippen LogP contribution in [0.25, 0.3) is 11.0 Å². The van der Waals surface area contributed by atoms with E-state index in [9.17, 15) is 4.79 Å². The van der Waals surface area contributed by atoms with Crippen LogP contribution in [0.1, 0.15) is 12.2 Å². The largest absolute Gasteiger partial charge is 0.480 e. The molecule has 1 aromatic carbocycles. The SMILES string of the molecule is Cc1nc2ccc(N(C)CCC(N)C(=O)O)cc2[nH]1. The summed E-state index contributed by atoms with van der Waals surface area (Å²) in [6, 6.07) is 5.10. The third kappa shape index (κ3) is 3.03. The molecule has 1 atom stereocenters. The molecule has 19 heavy (non-hydrogen) atoms. The Labute approximate surface area is 111 Å². The molecule has 4 N–H and O–H groups in total. The molecule has 2 rings (SSSR count). The minimum atomic E-state index is -0.965. The van der Waals surface area contributed by atoms with Crippen LogP contribution in [0, 0.1) is 6.92 Å². The average molecular weight is 262 g/mol. The molecule has 2 aromatic rings. The zero-order valence-corrected chi connectivity index (χ0v) is 11.1. The number of imidazole rings is 1. The minimum Gasteiger partial charge on any atom is -0.480 e. The number of aromatic amines is 1. The van der Waals surface area contributed by atoms with E-state index in [1.54, 1.807) is 0 Å². The van der Waals surface area contributed by atoms with Crippen molar-refractivity contribution in [1.29, 1.82) is 0 Å². The number of hydrogen-bond acceptors (Lipinski definition) is 4. The maximum absolute atomic E-state index is 10.7. The van der Waals surface area contributed by atoms with Crippen LogP contribution in [0.2, 0.25) is 0 Å². The first-order chi connectivity index (χ1) is 8.97. The number of carboxylic acids is 1. The van der Waals surface area contributed by atoms with Crippen LogP contribution in [-0.2, 0) is 4.79 Å². The number of nitrogens with zero attached hydrogens (tertiary/aromatic N) is 2. The van der Waals surface area contributed by atoms with Gasteiger partial charge in [0.2, 0.25) is 0 Å². The number of benzene rings is 1. The Kier molecular flexibility index (Phi) is 3.71. The summed E-state index contributed by atoms with van der Waals surface area (Å²) >= 11 is 0. The highest BCUT2D eigenvalue weighted by Gasteiger charge is 2.12. The Morgan fingerprint density at radius 3 is 3.00 bits per heavy atom. The van der Waals surface area contributed by atoms with Gasteiger partial charge in [-0.3, -0.25) is 4.79 Å². The second kappa shape index (κ2) is 5.27. The maximum atomic E-state index is 10.7. The fourth-order valence-corrected chi connectivity index (χ4v) is 1.95. The Morgan fingerprint density at radius 2 is 2.32 bits per heavy atom. The number of aliphatic carboxylic acids is 1. The van der Waals surface area contributed by atoms with Crippen LogP contribution < -0.4 is 10.6 Å². The lowest BCUT2D eigenvalue weighted by Crippen LogP contribution is -2.34. The normalized spacial score (nSPS) is 12.6. The Hall–Kier alpha value is -2.08. The van der Waals surface area contributed by atoms with Gasteiger partial charge in [0.25, 0.3) is 0 Å². The predicted molar refractivity (Wildman–Crippen MR) is 74.3 cm³/mol. The number of aryl methyl sites for hydroxylation is 1. The summed E-state index contributed by atoms with van der Waals surface area (Å²) in [5.74, 6) is -0.0873. The summed E-state index contributed by atoms with van der Waals surface area (Å²) < 4.78 is 0. The van der Waals surface area contributed by atoms with Gasteiger partial charge in [-0.15, -0.1) is 0 Å². The molecule has 0 aliphatic heterocycles. The van der Waals surface area contributed by atoms with Crippen molar-refractivity contribution in [2.45, 2.75) is 19.4 Å². The zero-order chi connectivity index (χ0) is 14.0.